The minimum atomic E-state index is 0.560. The predicted molar refractivity (Wildman–Crippen MR) is 74.4 cm³/mol. The summed E-state index contributed by atoms with van der Waals surface area (Å²) in [5.41, 5.74) is 0. The molecule has 3 fully saturated rings. The molecule has 0 radical (unpaired) electrons. The molecule has 3 atom stereocenters. The highest BCUT2D eigenvalue weighted by atomic mass is 16.5. The minimum Gasteiger partial charge on any atom is -0.380 e. The number of likely N-dealkylation sites (N-methyl/N-ethyl adjacent to an activating group) is 1. The van der Waals surface area contributed by atoms with Gasteiger partial charge in [-0.3, -0.25) is 9.80 Å². The Hall–Kier alpha value is -0.200. The van der Waals surface area contributed by atoms with Crippen molar-refractivity contribution in [2.45, 2.75) is 31.0 Å². The molecule has 110 valence electrons. The summed E-state index contributed by atoms with van der Waals surface area (Å²) in [6, 6.07) is 1.88. The van der Waals surface area contributed by atoms with E-state index in [2.05, 4.69) is 22.2 Å². The maximum atomic E-state index is 5.69. The van der Waals surface area contributed by atoms with E-state index < -0.39 is 0 Å². The van der Waals surface area contributed by atoms with Crippen LogP contribution in [0.1, 0.15) is 12.8 Å². The molecule has 0 aromatic rings. The summed E-state index contributed by atoms with van der Waals surface area (Å²) < 4.78 is 11.1. The van der Waals surface area contributed by atoms with Crippen LogP contribution in [0.25, 0.3) is 0 Å². The van der Waals surface area contributed by atoms with E-state index in [4.69, 9.17) is 9.47 Å². The second-order valence-electron chi connectivity index (χ2n) is 5.91. The molecule has 0 amide bonds. The minimum absolute atomic E-state index is 0.560. The average Bonchev–Trinajstić information content (AvgIpc) is 2.98. The number of likely N-dealkylation sites (tertiary alicyclic amines) is 1. The highest BCUT2D eigenvalue weighted by Crippen LogP contribution is 2.23. The van der Waals surface area contributed by atoms with Crippen molar-refractivity contribution in [3.05, 3.63) is 0 Å². The van der Waals surface area contributed by atoms with Gasteiger partial charge in [0.15, 0.2) is 0 Å². The van der Waals surface area contributed by atoms with Crippen molar-refractivity contribution in [1.29, 1.82) is 0 Å². The van der Waals surface area contributed by atoms with Gasteiger partial charge < -0.3 is 14.8 Å². The highest BCUT2D eigenvalue weighted by molar-refractivity contribution is 4.93. The van der Waals surface area contributed by atoms with Gasteiger partial charge in [0, 0.05) is 50.9 Å². The molecule has 0 aromatic heterocycles. The van der Waals surface area contributed by atoms with Gasteiger partial charge >= 0.3 is 0 Å². The van der Waals surface area contributed by atoms with Gasteiger partial charge in [0.05, 0.1) is 19.8 Å². The molecule has 19 heavy (non-hydrogen) atoms. The molecule has 0 bridgehead atoms. The molecular formula is C14H27N3O2. The Balaban J connectivity index is 1.55. The number of nitrogens with one attached hydrogen (secondary N) is 1. The van der Waals surface area contributed by atoms with Crippen LogP contribution in [-0.4, -0.2) is 87.6 Å². The first kappa shape index (κ1) is 13.8. The van der Waals surface area contributed by atoms with Crippen LogP contribution in [0.5, 0.6) is 0 Å². The smallest absolute Gasteiger partial charge is 0.0637 e. The fourth-order valence-corrected chi connectivity index (χ4v) is 3.73. The molecule has 3 rings (SSSR count). The number of ether oxygens (including phenoxy) is 2. The van der Waals surface area contributed by atoms with E-state index in [1.807, 2.05) is 0 Å². The standard InChI is InChI=1S/C14H27N3O2/c1-15-13-3-7-19-11-14(13)17-4-2-12(10-17)16-5-8-18-9-6-16/h12-15H,2-11H2,1H3. The Morgan fingerprint density at radius 2 is 1.79 bits per heavy atom. The fourth-order valence-electron chi connectivity index (χ4n) is 3.73. The van der Waals surface area contributed by atoms with Gasteiger partial charge in [0.25, 0.3) is 0 Å². The lowest BCUT2D eigenvalue weighted by Gasteiger charge is -2.38. The lowest BCUT2D eigenvalue weighted by molar-refractivity contribution is -0.00348. The van der Waals surface area contributed by atoms with Crippen molar-refractivity contribution in [2.75, 3.05) is 59.7 Å². The van der Waals surface area contributed by atoms with Crippen molar-refractivity contribution >= 4 is 0 Å². The second kappa shape index (κ2) is 6.50. The number of hydrogen-bond acceptors (Lipinski definition) is 5. The lowest BCUT2D eigenvalue weighted by atomic mass is 10.0. The van der Waals surface area contributed by atoms with Gasteiger partial charge in [0.1, 0.15) is 0 Å². The molecule has 0 aliphatic carbocycles. The van der Waals surface area contributed by atoms with Crippen molar-refractivity contribution < 1.29 is 9.47 Å². The van der Waals surface area contributed by atoms with Crippen LogP contribution in [-0.2, 0) is 9.47 Å². The number of hydrogen-bond donors (Lipinski definition) is 1. The zero-order valence-electron chi connectivity index (χ0n) is 12.0. The Morgan fingerprint density at radius 3 is 2.58 bits per heavy atom. The highest BCUT2D eigenvalue weighted by Gasteiger charge is 2.36. The van der Waals surface area contributed by atoms with Crippen molar-refractivity contribution in [2.24, 2.45) is 0 Å². The summed E-state index contributed by atoms with van der Waals surface area (Å²) in [5.74, 6) is 0. The molecule has 0 spiro atoms. The molecule has 5 heteroatoms. The zero-order valence-corrected chi connectivity index (χ0v) is 12.0. The summed E-state index contributed by atoms with van der Waals surface area (Å²) in [6.45, 7) is 8.24. The van der Waals surface area contributed by atoms with Crippen LogP contribution in [0, 0.1) is 0 Å². The van der Waals surface area contributed by atoms with Crippen LogP contribution in [0.2, 0.25) is 0 Å². The predicted octanol–water partition coefficient (Wildman–Crippen LogP) is -0.230. The Morgan fingerprint density at radius 1 is 0.947 bits per heavy atom. The fraction of sp³-hybridized carbons (Fsp3) is 1.00. The summed E-state index contributed by atoms with van der Waals surface area (Å²) in [7, 11) is 2.08. The van der Waals surface area contributed by atoms with Crippen molar-refractivity contribution in [3.63, 3.8) is 0 Å². The molecule has 1 N–H and O–H groups in total. The van der Waals surface area contributed by atoms with Gasteiger partial charge in [0.2, 0.25) is 0 Å². The third-order valence-electron chi connectivity index (χ3n) is 4.92. The molecule has 3 aliphatic heterocycles. The van der Waals surface area contributed by atoms with Crippen LogP contribution in [0.15, 0.2) is 0 Å². The summed E-state index contributed by atoms with van der Waals surface area (Å²) in [4.78, 5) is 5.25. The summed E-state index contributed by atoms with van der Waals surface area (Å²) >= 11 is 0. The quantitative estimate of drug-likeness (QED) is 0.766. The molecule has 3 saturated heterocycles. The van der Waals surface area contributed by atoms with Gasteiger partial charge in [-0.05, 0) is 19.9 Å². The first-order chi connectivity index (χ1) is 9.38. The van der Waals surface area contributed by atoms with E-state index in [0.717, 1.165) is 52.0 Å². The molecule has 0 aromatic carbocycles. The third kappa shape index (κ3) is 3.11. The van der Waals surface area contributed by atoms with E-state index in [1.165, 1.54) is 19.5 Å². The van der Waals surface area contributed by atoms with Crippen LogP contribution in [0.4, 0.5) is 0 Å². The number of rotatable bonds is 3. The van der Waals surface area contributed by atoms with Crippen LogP contribution in [0.3, 0.4) is 0 Å². The van der Waals surface area contributed by atoms with Crippen LogP contribution >= 0.6 is 0 Å². The Bertz CT molecular complexity index is 284. The van der Waals surface area contributed by atoms with E-state index in [-0.39, 0.29) is 0 Å². The van der Waals surface area contributed by atoms with E-state index in [9.17, 15) is 0 Å². The van der Waals surface area contributed by atoms with Crippen molar-refractivity contribution in [1.82, 2.24) is 15.1 Å². The van der Waals surface area contributed by atoms with E-state index in [0.29, 0.717) is 12.1 Å². The van der Waals surface area contributed by atoms with Gasteiger partial charge in [-0.25, -0.2) is 0 Å². The summed E-state index contributed by atoms with van der Waals surface area (Å²) in [6.07, 6.45) is 2.44. The monoisotopic (exact) mass is 269 g/mol. The summed E-state index contributed by atoms with van der Waals surface area (Å²) in [5, 5.41) is 3.47. The molecule has 0 saturated carbocycles. The zero-order chi connectivity index (χ0) is 13.1. The van der Waals surface area contributed by atoms with Crippen molar-refractivity contribution in [3.8, 4) is 0 Å². The maximum absolute atomic E-state index is 5.69. The first-order valence-corrected chi connectivity index (χ1v) is 7.69. The van der Waals surface area contributed by atoms with Gasteiger partial charge in [-0.2, -0.15) is 0 Å². The molecular weight excluding hydrogens is 242 g/mol. The van der Waals surface area contributed by atoms with Gasteiger partial charge in [-0.15, -0.1) is 0 Å². The topological polar surface area (TPSA) is 37.0 Å². The van der Waals surface area contributed by atoms with E-state index >= 15 is 0 Å². The number of nitrogens with zero attached hydrogens (tertiary/aromatic N) is 2. The maximum Gasteiger partial charge on any atom is 0.0637 e. The molecule has 5 nitrogen and oxygen atoms in total. The largest absolute Gasteiger partial charge is 0.380 e. The lowest BCUT2D eigenvalue weighted by Crippen LogP contribution is -2.54. The molecule has 3 unspecified atom stereocenters. The molecule has 3 aliphatic rings. The molecule has 3 heterocycles. The van der Waals surface area contributed by atoms with E-state index in [1.54, 1.807) is 0 Å². The third-order valence-corrected chi connectivity index (χ3v) is 4.92. The normalized spacial score (nSPS) is 38.7. The second-order valence-corrected chi connectivity index (χ2v) is 5.91. The number of morpholine rings is 1. The SMILES string of the molecule is CNC1CCOCC1N1CCC(N2CCOCC2)C1. The average molecular weight is 269 g/mol. The first-order valence-electron chi connectivity index (χ1n) is 7.69. The van der Waals surface area contributed by atoms with Gasteiger partial charge in [-0.1, -0.05) is 0 Å². The Labute approximate surface area is 116 Å². The Kier molecular flexibility index (Phi) is 4.71. The van der Waals surface area contributed by atoms with Crippen LogP contribution < -0.4 is 5.32 Å².